The Labute approximate surface area is 151 Å². The Morgan fingerprint density at radius 3 is 2.79 bits per heavy atom. The van der Waals surface area contributed by atoms with Gasteiger partial charge < -0.3 is 9.64 Å². The zero-order valence-electron chi connectivity index (χ0n) is 14.1. The van der Waals surface area contributed by atoms with Crippen LogP contribution in [0, 0.1) is 28.6 Å². The number of esters is 1. The van der Waals surface area contributed by atoms with Crippen LogP contribution in [0.2, 0.25) is 0 Å². The number of ether oxygens (including phenoxy) is 1. The lowest BCUT2D eigenvalue weighted by atomic mass is 9.66. The van der Waals surface area contributed by atoms with E-state index in [1.165, 1.54) is 0 Å². The number of fused-ring (bicyclic) bond motifs is 2. The molecule has 2 aliphatic rings. The maximum absolute atomic E-state index is 12.8. The van der Waals surface area contributed by atoms with Crippen LogP contribution in [-0.4, -0.2) is 26.7 Å². The van der Waals surface area contributed by atoms with Gasteiger partial charge in [0.25, 0.3) is 0 Å². The Morgan fingerprint density at radius 2 is 2.21 bits per heavy atom. The second-order valence-corrected chi connectivity index (χ2v) is 7.52. The molecule has 3 rings (SSSR count). The van der Waals surface area contributed by atoms with Gasteiger partial charge in [0, 0.05) is 36.1 Å². The summed E-state index contributed by atoms with van der Waals surface area (Å²) >= 11 is 3.65. The number of benzene rings is 1. The van der Waals surface area contributed by atoms with E-state index >= 15 is 0 Å². The number of rotatable bonds is 4. The molecular weight excluding hydrogens is 368 g/mol. The molecular formula is C19H21BrN2O2. The fourth-order valence-electron chi connectivity index (χ4n) is 4.13. The van der Waals surface area contributed by atoms with Crippen molar-refractivity contribution >= 4 is 27.6 Å². The van der Waals surface area contributed by atoms with Crippen molar-refractivity contribution in [3.05, 3.63) is 40.4 Å². The lowest BCUT2D eigenvalue weighted by molar-refractivity contribution is -0.154. The predicted molar refractivity (Wildman–Crippen MR) is 96.6 cm³/mol. The first-order chi connectivity index (χ1) is 11.5. The van der Waals surface area contributed by atoms with Gasteiger partial charge in [0.1, 0.15) is 0 Å². The van der Waals surface area contributed by atoms with Gasteiger partial charge >= 0.3 is 5.97 Å². The number of nitrogens with zero attached hydrogens (tertiary/aromatic N) is 2. The van der Waals surface area contributed by atoms with E-state index in [9.17, 15) is 10.1 Å². The second kappa shape index (κ2) is 6.25. The summed E-state index contributed by atoms with van der Waals surface area (Å²) in [6.07, 6.45) is 5.00. The summed E-state index contributed by atoms with van der Waals surface area (Å²) in [6, 6.07) is 8.45. The minimum Gasteiger partial charge on any atom is -0.465 e. The first-order valence-corrected chi connectivity index (χ1v) is 8.98. The maximum Gasteiger partial charge on any atom is 0.327 e. The SMILES string of the molecule is CCOC(=O)[C@@]1(C#N)[C@H]2C=C[C@H](C2)[C@@H]1c1ccc(N(C)C)cc1Br. The zero-order chi connectivity index (χ0) is 17.5. The largest absolute Gasteiger partial charge is 0.465 e. The van der Waals surface area contributed by atoms with Crippen LogP contribution in [0.15, 0.2) is 34.8 Å². The van der Waals surface area contributed by atoms with E-state index in [0.717, 1.165) is 22.1 Å². The van der Waals surface area contributed by atoms with E-state index in [4.69, 9.17) is 4.74 Å². The normalized spacial score (nSPS) is 30.2. The van der Waals surface area contributed by atoms with Gasteiger partial charge in [-0.3, -0.25) is 4.79 Å². The number of halogens is 1. The van der Waals surface area contributed by atoms with Crippen molar-refractivity contribution in [2.45, 2.75) is 19.3 Å². The average Bonchev–Trinajstić information content (AvgIpc) is 3.14. The molecule has 0 unspecified atom stereocenters. The van der Waals surface area contributed by atoms with E-state index in [1.54, 1.807) is 6.92 Å². The summed E-state index contributed by atoms with van der Waals surface area (Å²) in [5.41, 5.74) is 0.951. The highest BCUT2D eigenvalue weighted by Crippen LogP contribution is 2.61. The number of carbonyl (C=O) groups excluding carboxylic acids is 1. The molecule has 4 nitrogen and oxygen atoms in total. The van der Waals surface area contributed by atoms with E-state index < -0.39 is 11.4 Å². The molecule has 0 spiro atoms. The van der Waals surface area contributed by atoms with Crippen LogP contribution >= 0.6 is 15.9 Å². The Kier molecular flexibility index (Phi) is 4.44. The molecule has 0 N–H and O–H groups in total. The van der Waals surface area contributed by atoms with Crippen molar-refractivity contribution in [3.63, 3.8) is 0 Å². The quantitative estimate of drug-likeness (QED) is 0.580. The predicted octanol–water partition coefficient (Wildman–Crippen LogP) is 3.88. The van der Waals surface area contributed by atoms with Crippen molar-refractivity contribution in [2.24, 2.45) is 17.3 Å². The molecule has 24 heavy (non-hydrogen) atoms. The van der Waals surface area contributed by atoms with Gasteiger partial charge in [-0.15, -0.1) is 0 Å². The van der Waals surface area contributed by atoms with Crippen molar-refractivity contribution < 1.29 is 9.53 Å². The standard InChI is InChI=1S/C19H21BrN2O2/c1-4-24-18(23)19(11-21)13-6-5-12(9-13)17(19)15-8-7-14(22(2)3)10-16(15)20/h5-8,10,12-13,17H,4,9H2,1-3H3/t12-,13+,17-,19+/m1/s1. The molecule has 0 radical (unpaired) electrons. The molecule has 0 aliphatic heterocycles. The fraction of sp³-hybridized carbons (Fsp3) is 0.474. The number of nitriles is 1. The molecule has 1 aromatic carbocycles. The molecule has 4 atom stereocenters. The molecule has 0 aromatic heterocycles. The number of anilines is 1. The van der Waals surface area contributed by atoms with Crippen LogP contribution in [0.1, 0.15) is 24.8 Å². The van der Waals surface area contributed by atoms with Crippen LogP contribution in [0.3, 0.4) is 0 Å². The Bertz CT molecular complexity index is 737. The molecule has 2 aliphatic carbocycles. The summed E-state index contributed by atoms with van der Waals surface area (Å²) < 4.78 is 6.24. The van der Waals surface area contributed by atoms with Crippen molar-refractivity contribution in [2.75, 3.05) is 25.6 Å². The monoisotopic (exact) mass is 388 g/mol. The Hall–Kier alpha value is -1.80. The van der Waals surface area contributed by atoms with Crippen molar-refractivity contribution in [1.29, 1.82) is 5.26 Å². The molecule has 0 heterocycles. The van der Waals surface area contributed by atoms with Crippen molar-refractivity contribution in [3.8, 4) is 6.07 Å². The van der Waals surface area contributed by atoms with Crippen LogP contribution in [-0.2, 0) is 9.53 Å². The molecule has 2 bridgehead atoms. The maximum atomic E-state index is 12.8. The summed E-state index contributed by atoms with van der Waals surface area (Å²) in [5, 5.41) is 9.99. The molecule has 1 aromatic rings. The molecule has 1 saturated carbocycles. The van der Waals surface area contributed by atoms with Crippen LogP contribution in [0.25, 0.3) is 0 Å². The highest BCUT2D eigenvalue weighted by Gasteiger charge is 2.63. The smallest absolute Gasteiger partial charge is 0.327 e. The Morgan fingerprint density at radius 1 is 1.46 bits per heavy atom. The summed E-state index contributed by atoms with van der Waals surface area (Å²) in [4.78, 5) is 14.8. The van der Waals surface area contributed by atoms with E-state index in [-0.39, 0.29) is 24.4 Å². The third-order valence-electron chi connectivity index (χ3n) is 5.25. The first kappa shape index (κ1) is 17.0. The van der Waals surface area contributed by atoms with Crippen molar-refractivity contribution in [1.82, 2.24) is 0 Å². The topological polar surface area (TPSA) is 53.3 Å². The summed E-state index contributed by atoms with van der Waals surface area (Å²) in [6.45, 7) is 2.07. The molecule has 1 fully saturated rings. The van der Waals surface area contributed by atoms with Crippen LogP contribution < -0.4 is 4.90 Å². The van der Waals surface area contributed by atoms with Gasteiger partial charge in [0.15, 0.2) is 5.41 Å². The average molecular weight is 389 g/mol. The second-order valence-electron chi connectivity index (χ2n) is 6.67. The van der Waals surface area contributed by atoms with Gasteiger partial charge in [-0.05, 0) is 37.0 Å². The van der Waals surface area contributed by atoms with Gasteiger partial charge in [0.05, 0.1) is 12.7 Å². The Balaban J connectivity index is 2.10. The first-order valence-electron chi connectivity index (χ1n) is 8.19. The van der Waals surface area contributed by atoms with E-state index in [0.29, 0.717) is 0 Å². The summed E-state index contributed by atoms with van der Waals surface area (Å²) in [5.74, 6) is -0.447. The highest BCUT2D eigenvalue weighted by molar-refractivity contribution is 9.10. The van der Waals surface area contributed by atoms with E-state index in [2.05, 4.69) is 28.1 Å². The molecule has 126 valence electrons. The van der Waals surface area contributed by atoms with Gasteiger partial charge in [0.2, 0.25) is 0 Å². The number of allylic oxidation sites excluding steroid dienone is 2. The third-order valence-corrected chi connectivity index (χ3v) is 5.94. The zero-order valence-corrected chi connectivity index (χ0v) is 15.7. The lowest BCUT2D eigenvalue weighted by Crippen LogP contribution is -2.41. The van der Waals surface area contributed by atoms with Crippen LogP contribution in [0.5, 0.6) is 0 Å². The minimum atomic E-state index is -1.13. The third kappa shape index (κ3) is 2.36. The number of hydrogen-bond acceptors (Lipinski definition) is 4. The summed E-state index contributed by atoms with van der Waals surface area (Å²) in [7, 11) is 3.97. The van der Waals surface area contributed by atoms with Gasteiger partial charge in [-0.25, -0.2) is 0 Å². The highest BCUT2D eigenvalue weighted by atomic mass is 79.9. The lowest BCUT2D eigenvalue weighted by Gasteiger charge is -2.34. The minimum absolute atomic E-state index is 0.0722. The molecule has 0 amide bonds. The molecule has 0 saturated heterocycles. The number of hydrogen-bond donors (Lipinski definition) is 0. The number of carbonyl (C=O) groups is 1. The van der Waals surface area contributed by atoms with Gasteiger partial charge in [-0.2, -0.15) is 5.26 Å². The molecule has 5 heteroatoms. The fourth-order valence-corrected chi connectivity index (χ4v) is 4.74. The van der Waals surface area contributed by atoms with Gasteiger partial charge in [-0.1, -0.05) is 34.1 Å². The van der Waals surface area contributed by atoms with Crippen LogP contribution in [0.4, 0.5) is 5.69 Å². The van der Waals surface area contributed by atoms with E-state index in [1.807, 2.05) is 43.3 Å².